The van der Waals surface area contributed by atoms with Crippen molar-refractivity contribution in [2.75, 3.05) is 11.4 Å². The fourth-order valence-electron chi connectivity index (χ4n) is 3.43. The Kier molecular flexibility index (Phi) is 4.32. The smallest absolute Gasteiger partial charge is 0.293 e. The highest BCUT2D eigenvalue weighted by atomic mass is 35.5. The first-order chi connectivity index (χ1) is 12.5. The van der Waals surface area contributed by atoms with Gasteiger partial charge in [-0.1, -0.05) is 29.8 Å². The van der Waals surface area contributed by atoms with Crippen molar-refractivity contribution in [1.82, 2.24) is 9.78 Å². The van der Waals surface area contributed by atoms with Crippen LogP contribution in [0.1, 0.15) is 39.7 Å². The average Bonchev–Trinajstić information content (AvgIpc) is 3.22. The summed E-state index contributed by atoms with van der Waals surface area (Å²) in [5.41, 5.74) is 3.86. The molecule has 0 saturated heterocycles. The van der Waals surface area contributed by atoms with Crippen LogP contribution in [0.15, 0.2) is 40.8 Å². The van der Waals surface area contributed by atoms with E-state index < -0.39 is 0 Å². The minimum absolute atomic E-state index is 0.102. The predicted molar refractivity (Wildman–Crippen MR) is 101 cm³/mol. The van der Waals surface area contributed by atoms with Gasteiger partial charge >= 0.3 is 0 Å². The van der Waals surface area contributed by atoms with Gasteiger partial charge in [0, 0.05) is 12.2 Å². The molecule has 26 heavy (non-hydrogen) atoms. The fourth-order valence-corrected chi connectivity index (χ4v) is 3.57. The van der Waals surface area contributed by atoms with Crippen molar-refractivity contribution < 1.29 is 9.21 Å². The second-order valence-electron chi connectivity index (χ2n) is 6.60. The van der Waals surface area contributed by atoms with E-state index in [9.17, 15) is 4.79 Å². The molecule has 3 aromatic rings. The highest BCUT2D eigenvalue weighted by Crippen LogP contribution is 2.28. The lowest BCUT2D eigenvalue weighted by Gasteiger charge is -2.28. The van der Waals surface area contributed by atoms with Gasteiger partial charge in [0.15, 0.2) is 5.76 Å². The maximum Gasteiger partial charge on any atom is 0.293 e. The second kappa shape index (κ2) is 6.65. The maximum atomic E-state index is 12.9. The van der Waals surface area contributed by atoms with Crippen LogP contribution in [0, 0.1) is 13.8 Å². The number of aryl methyl sites for hydroxylation is 2. The van der Waals surface area contributed by atoms with Crippen LogP contribution in [0.2, 0.25) is 5.02 Å². The number of furan rings is 1. The summed E-state index contributed by atoms with van der Waals surface area (Å²) in [4.78, 5) is 14.7. The number of carbonyl (C=O) groups is 1. The number of para-hydroxylation sites is 1. The van der Waals surface area contributed by atoms with Crippen LogP contribution in [0.3, 0.4) is 0 Å². The summed E-state index contributed by atoms with van der Waals surface area (Å²) in [6.45, 7) is 4.95. The third kappa shape index (κ3) is 2.92. The molecule has 5 nitrogen and oxygen atoms in total. The van der Waals surface area contributed by atoms with Crippen molar-refractivity contribution >= 4 is 23.2 Å². The molecule has 0 saturated carbocycles. The highest BCUT2D eigenvalue weighted by Gasteiger charge is 2.25. The molecular formula is C20H20ClN3O2. The highest BCUT2D eigenvalue weighted by molar-refractivity contribution is 6.31. The van der Waals surface area contributed by atoms with Crippen molar-refractivity contribution in [2.24, 2.45) is 0 Å². The molecule has 2 aromatic heterocycles. The molecule has 0 bridgehead atoms. The fraction of sp³-hybridized carbons (Fsp3) is 0.300. The van der Waals surface area contributed by atoms with E-state index in [1.807, 2.05) is 43.0 Å². The minimum atomic E-state index is -0.102. The molecule has 1 aliphatic rings. The third-order valence-corrected chi connectivity index (χ3v) is 5.37. The Morgan fingerprint density at radius 3 is 2.81 bits per heavy atom. The summed E-state index contributed by atoms with van der Waals surface area (Å²) >= 11 is 6.19. The summed E-state index contributed by atoms with van der Waals surface area (Å²) in [5.74, 6) is 0.931. The number of halogens is 1. The molecule has 134 valence electrons. The van der Waals surface area contributed by atoms with Crippen molar-refractivity contribution in [2.45, 2.75) is 33.2 Å². The van der Waals surface area contributed by atoms with Gasteiger partial charge in [0.2, 0.25) is 0 Å². The number of nitrogens with zero attached hydrogens (tertiary/aromatic N) is 3. The second-order valence-corrected chi connectivity index (χ2v) is 6.98. The van der Waals surface area contributed by atoms with E-state index in [0.29, 0.717) is 29.6 Å². The molecule has 1 amide bonds. The van der Waals surface area contributed by atoms with Crippen LogP contribution in [-0.4, -0.2) is 22.2 Å². The Bertz CT molecular complexity index is 973. The number of rotatable bonds is 3. The van der Waals surface area contributed by atoms with Crippen molar-refractivity contribution in [3.63, 3.8) is 0 Å². The van der Waals surface area contributed by atoms with Crippen LogP contribution in [0.25, 0.3) is 0 Å². The van der Waals surface area contributed by atoms with Crippen molar-refractivity contribution in [1.29, 1.82) is 0 Å². The molecule has 1 aliphatic heterocycles. The molecule has 0 unspecified atom stereocenters. The van der Waals surface area contributed by atoms with Gasteiger partial charge in [0.25, 0.3) is 5.91 Å². The number of hydrogen-bond donors (Lipinski definition) is 0. The number of anilines is 1. The van der Waals surface area contributed by atoms with E-state index in [1.165, 1.54) is 5.56 Å². The molecule has 0 spiro atoms. The SMILES string of the molecule is Cc1nn(Cc2ccc(C(=O)N3CCCc4ccccc43)o2)c(C)c1Cl. The number of aromatic nitrogens is 2. The average molecular weight is 370 g/mol. The first-order valence-corrected chi connectivity index (χ1v) is 9.10. The molecule has 0 aliphatic carbocycles. The summed E-state index contributed by atoms with van der Waals surface area (Å²) in [7, 11) is 0. The van der Waals surface area contributed by atoms with Gasteiger partial charge < -0.3 is 9.32 Å². The lowest BCUT2D eigenvalue weighted by atomic mass is 10.0. The molecule has 1 aromatic carbocycles. The van der Waals surface area contributed by atoms with Crippen LogP contribution in [0.5, 0.6) is 0 Å². The van der Waals surface area contributed by atoms with Crippen LogP contribution >= 0.6 is 11.6 Å². The van der Waals surface area contributed by atoms with Gasteiger partial charge in [-0.15, -0.1) is 0 Å². The summed E-state index contributed by atoms with van der Waals surface area (Å²) < 4.78 is 7.62. The monoisotopic (exact) mass is 369 g/mol. The number of fused-ring (bicyclic) bond motifs is 1. The van der Waals surface area contributed by atoms with Gasteiger partial charge in [0.1, 0.15) is 5.76 Å². The van der Waals surface area contributed by atoms with Gasteiger partial charge in [0.05, 0.1) is 23.0 Å². The number of carbonyl (C=O) groups excluding carboxylic acids is 1. The first kappa shape index (κ1) is 16.9. The molecule has 4 rings (SSSR count). The largest absolute Gasteiger partial charge is 0.454 e. The Balaban J connectivity index is 1.57. The quantitative estimate of drug-likeness (QED) is 0.688. The molecule has 0 radical (unpaired) electrons. The molecule has 0 atom stereocenters. The van der Waals surface area contributed by atoms with E-state index in [-0.39, 0.29) is 5.91 Å². The Labute approximate surface area is 157 Å². The van der Waals surface area contributed by atoms with E-state index in [1.54, 1.807) is 10.7 Å². The third-order valence-electron chi connectivity index (χ3n) is 4.83. The molecule has 0 N–H and O–H groups in total. The van der Waals surface area contributed by atoms with Crippen LogP contribution < -0.4 is 4.90 Å². The normalized spacial score (nSPS) is 13.7. The summed E-state index contributed by atoms with van der Waals surface area (Å²) in [6, 6.07) is 11.6. The summed E-state index contributed by atoms with van der Waals surface area (Å²) in [6.07, 6.45) is 1.96. The van der Waals surface area contributed by atoms with Crippen molar-refractivity contribution in [3.8, 4) is 0 Å². The van der Waals surface area contributed by atoms with E-state index in [0.717, 1.165) is 29.9 Å². The van der Waals surface area contributed by atoms with Gasteiger partial charge in [-0.25, -0.2) is 0 Å². The van der Waals surface area contributed by atoms with Gasteiger partial charge in [-0.2, -0.15) is 5.10 Å². The van der Waals surface area contributed by atoms with Gasteiger partial charge in [-0.05, 0) is 50.5 Å². The standard InChI is InChI=1S/C20H20ClN3O2/c1-13-19(21)14(2)24(22-13)12-16-9-10-18(26-16)20(25)23-11-5-7-15-6-3-4-8-17(15)23/h3-4,6,8-10H,5,7,11-12H2,1-2H3. The zero-order chi connectivity index (χ0) is 18.3. The Hall–Kier alpha value is -2.53. The van der Waals surface area contributed by atoms with Gasteiger partial charge in [-0.3, -0.25) is 9.48 Å². The predicted octanol–water partition coefficient (Wildman–Crippen LogP) is 4.39. The molecular weight excluding hydrogens is 350 g/mol. The van der Waals surface area contributed by atoms with Crippen molar-refractivity contribution in [3.05, 3.63) is 69.9 Å². The lowest BCUT2D eigenvalue weighted by Crippen LogP contribution is -2.35. The Morgan fingerprint density at radius 1 is 1.23 bits per heavy atom. The molecule has 6 heteroatoms. The summed E-state index contributed by atoms with van der Waals surface area (Å²) in [5, 5.41) is 5.07. The van der Waals surface area contributed by atoms with Crippen LogP contribution in [0.4, 0.5) is 5.69 Å². The van der Waals surface area contributed by atoms with E-state index in [2.05, 4.69) is 11.2 Å². The topological polar surface area (TPSA) is 51.3 Å². The minimum Gasteiger partial charge on any atom is -0.454 e. The first-order valence-electron chi connectivity index (χ1n) is 8.72. The van der Waals surface area contributed by atoms with E-state index in [4.69, 9.17) is 16.0 Å². The molecule has 0 fully saturated rings. The number of amides is 1. The number of hydrogen-bond acceptors (Lipinski definition) is 3. The zero-order valence-electron chi connectivity index (χ0n) is 14.8. The Morgan fingerprint density at radius 2 is 2.04 bits per heavy atom. The molecule has 3 heterocycles. The zero-order valence-corrected chi connectivity index (χ0v) is 15.6. The lowest BCUT2D eigenvalue weighted by molar-refractivity contribution is 0.0956. The maximum absolute atomic E-state index is 12.9. The van der Waals surface area contributed by atoms with E-state index >= 15 is 0 Å². The number of benzene rings is 1. The van der Waals surface area contributed by atoms with Crippen LogP contribution in [-0.2, 0) is 13.0 Å².